The molecule has 1 unspecified atom stereocenters. The molecule has 8 heavy (non-hydrogen) atoms. The third-order valence-electron chi connectivity index (χ3n) is 1.07. The third kappa shape index (κ3) is 6.72. The average Bonchev–Trinajstić information content (AvgIpc) is 1.66. The Labute approximate surface area is 58.2 Å². The van der Waals surface area contributed by atoms with E-state index in [9.17, 15) is 0 Å². The molecule has 0 saturated carbocycles. The summed E-state index contributed by atoms with van der Waals surface area (Å²) < 4.78 is 0. The summed E-state index contributed by atoms with van der Waals surface area (Å²) in [6.45, 7) is 4.33. The Bertz CT molecular complexity index is 45.8. The molecule has 0 nitrogen and oxygen atoms in total. The number of hydrogen-bond acceptors (Lipinski definition) is 0. The summed E-state index contributed by atoms with van der Waals surface area (Å²) >= 11 is 5.78. The molecule has 0 aliphatic rings. The van der Waals surface area contributed by atoms with Crippen LogP contribution in [-0.4, -0.2) is 12.8 Å². The molecular formula is C6H14ClP. The summed E-state index contributed by atoms with van der Waals surface area (Å²) in [6, 6.07) is 0. The maximum atomic E-state index is 5.78. The fourth-order valence-corrected chi connectivity index (χ4v) is 1.60. The smallest absolute Gasteiger partial charge is 0.0129 e. The number of hydrogen-bond donors (Lipinski definition) is 0. The van der Waals surface area contributed by atoms with Crippen molar-refractivity contribution in [2.24, 2.45) is 0 Å². The standard InChI is InChI=1S/C6H14ClP/c1-3-4-5-6-8(2)7/h3-6H2,1-2H3. The van der Waals surface area contributed by atoms with Crippen molar-refractivity contribution in [3.63, 3.8) is 0 Å². The molecule has 0 heterocycles. The molecule has 2 heteroatoms. The summed E-state index contributed by atoms with van der Waals surface area (Å²) in [5.41, 5.74) is 0. The van der Waals surface area contributed by atoms with Crippen LogP contribution in [0.25, 0.3) is 0 Å². The highest BCUT2D eigenvalue weighted by Gasteiger charge is 1.92. The van der Waals surface area contributed by atoms with Crippen LogP contribution in [0.15, 0.2) is 0 Å². The van der Waals surface area contributed by atoms with Crippen LogP contribution in [0.4, 0.5) is 0 Å². The van der Waals surface area contributed by atoms with Crippen molar-refractivity contribution >= 4 is 18.5 Å². The first-order valence-electron chi connectivity index (χ1n) is 3.14. The van der Waals surface area contributed by atoms with E-state index in [0.29, 0.717) is 0 Å². The van der Waals surface area contributed by atoms with Gasteiger partial charge in [0.25, 0.3) is 0 Å². The Morgan fingerprint density at radius 2 is 2.00 bits per heavy atom. The van der Waals surface area contributed by atoms with Gasteiger partial charge in [-0.05, 0) is 26.5 Å². The van der Waals surface area contributed by atoms with Crippen molar-refractivity contribution in [1.82, 2.24) is 0 Å². The first kappa shape index (κ1) is 8.72. The summed E-state index contributed by atoms with van der Waals surface area (Å²) in [7, 11) is -0.140. The van der Waals surface area contributed by atoms with Gasteiger partial charge in [-0.2, -0.15) is 0 Å². The maximum Gasteiger partial charge on any atom is -0.0129 e. The first-order valence-corrected chi connectivity index (χ1v) is 6.02. The zero-order valence-corrected chi connectivity index (χ0v) is 7.30. The van der Waals surface area contributed by atoms with Crippen LogP contribution in [0.3, 0.4) is 0 Å². The average molecular weight is 153 g/mol. The van der Waals surface area contributed by atoms with Crippen molar-refractivity contribution in [1.29, 1.82) is 0 Å². The zero-order chi connectivity index (χ0) is 6.41. The quantitative estimate of drug-likeness (QED) is 0.428. The second-order valence-corrected chi connectivity index (χ2v) is 5.42. The topological polar surface area (TPSA) is 0 Å². The van der Waals surface area contributed by atoms with Crippen LogP contribution in [0, 0.1) is 0 Å². The van der Waals surface area contributed by atoms with Gasteiger partial charge in [-0.15, -0.1) is 0 Å². The van der Waals surface area contributed by atoms with Crippen LogP contribution in [0.5, 0.6) is 0 Å². The zero-order valence-electron chi connectivity index (χ0n) is 5.65. The molecule has 0 aromatic carbocycles. The summed E-state index contributed by atoms with van der Waals surface area (Å²) in [5.74, 6) is 0. The molecular weight excluding hydrogens is 138 g/mol. The highest BCUT2D eigenvalue weighted by molar-refractivity contribution is 7.83. The van der Waals surface area contributed by atoms with E-state index in [4.69, 9.17) is 11.2 Å². The van der Waals surface area contributed by atoms with Crippen LogP contribution in [0.1, 0.15) is 26.2 Å². The lowest BCUT2D eigenvalue weighted by molar-refractivity contribution is 0.777. The lowest BCUT2D eigenvalue weighted by Crippen LogP contribution is -1.77. The van der Waals surface area contributed by atoms with Crippen molar-refractivity contribution in [2.45, 2.75) is 26.2 Å². The molecule has 0 radical (unpaired) electrons. The maximum absolute atomic E-state index is 5.78. The lowest BCUT2D eigenvalue weighted by Gasteiger charge is -1.98. The van der Waals surface area contributed by atoms with Gasteiger partial charge in [0.15, 0.2) is 0 Å². The van der Waals surface area contributed by atoms with Crippen molar-refractivity contribution in [2.75, 3.05) is 12.8 Å². The van der Waals surface area contributed by atoms with Gasteiger partial charge in [-0.1, -0.05) is 31.0 Å². The third-order valence-corrected chi connectivity index (χ3v) is 2.51. The van der Waals surface area contributed by atoms with Crippen molar-refractivity contribution in [3.8, 4) is 0 Å². The molecule has 1 atom stereocenters. The Balaban J connectivity index is 2.72. The predicted octanol–water partition coefficient (Wildman–Crippen LogP) is 3.44. The SMILES string of the molecule is CCCCCP(C)Cl. The molecule has 50 valence electrons. The Morgan fingerprint density at radius 1 is 1.38 bits per heavy atom. The predicted molar refractivity (Wildman–Crippen MR) is 43.1 cm³/mol. The van der Waals surface area contributed by atoms with Crippen LogP contribution < -0.4 is 0 Å². The van der Waals surface area contributed by atoms with E-state index < -0.39 is 0 Å². The van der Waals surface area contributed by atoms with Gasteiger partial charge < -0.3 is 0 Å². The van der Waals surface area contributed by atoms with Gasteiger partial charge in [-0.25, -0.2) is 0 Å². The van der Waals surface area contributed by atoms with E-state index in [1.807, 2.05) is 0 Å². The van der Waals surface area contributed by atoms with E-state index in [1.165, 1.54) is 25.4 Å². The van der Waals surface area contributed by atoms with Crippen molar-refractivity contribution in [3.05, 3.63) is 0 Å². The summed E-state index contributed by atoms with van der Waals surface area (Å²) in [4.78, 5) is 0. The summed E-state index contributed by atoms with van der Waals surface area (Å²) in [5, 5.41) is 0. The minimum Gasteiger partial charge on any atom is -0.0967 e. The van der Waals surface area contributed by atoms with Gasteiger partial charge in [-0.3, -0.25) is 0 Å². The molecule has 0 aromatic heterocycles. The van der Waals surface area contributed by atoms with Gasteiger partial charge >= 0.3 is 0 Å². The molecule has 0 saturated heterocycles. The molecule has 0 spiro atoms. The Morgan fingerprint density at radius 3 is 2.38 bits per heavy atom. The fraction of sp³-hybridized carbons (Fsp3) is 1.00. The van der Waals surface area contributed by atoms with Gasteiger partial charge in [0.1, 0.15) is 0 Å². The first-order chi connectivity index (χ1) is 3.77. The monoisotopic (exact) mass is 152 g/mol. The van der Waals surface area contributed by atoms with E-state index in [0.717, 1.165) is 0 Å². The van der Waals surface area contributed by atoms with Gasteiger partial charge in [0, 0.05) is 0 Å². The molecule has 0 fully saturated rings. The van der Waals surface area contributed by atoms with Crippen LogP contribution in [-0.2, 0) is 0 Å². The van der Waals surface area contributed by atoms with Gasteiger partial charge in [0.2, 0.25) is 0 Å². The molecule has 0 N–H and O–H groups in total. The molecule has 0 rings (SSSR count). The number of rotatable bonds is 4. The Kier molecular flexibility index (Phi) is 6.38. The van der Waals surface area contributed by atoms with Crippen LogP contribution in [0.2, 0.25) is 0 Å². The minimum absolute atomic E-state index is 0.140. The molecule has 0 aliphatic heterocycles. The lowest BCUT2D eigenvalue weighted by atomic mass is 10.3. The second-order valence-electron chi connectivity index (χ2n) is 2.04. The minimum atomic E-state index is -0.140. The van der Waals surface area contributed by atoms with E-state index in [2.05, 4.69) is 13.6 Å². The molecule has 0 bridgehead atoms. The van der Waals surface area contributed by atoms with E-state index in [-0.39, 0.29) is 7.27 Å². The summed E-state index contributed by atoms with van der Waals surface area (Å²) in [6.07, 6.45) is 5.21. The second kappa shape index (κ2) is 5.85. The molecule has 0 aromatic rings. The fourth-order valence-electron chi connectivity index (χ4n) is 0.580. The van der Waals surface area contributed by atoms with Gasteiger partial charge in [0.05, 0.1) is 0 Å². The molecule has 0 aliphatic carbocycles. The normalized spacial score (nSPS) is 13.9. The highest BCUT2D eigenvalue weighted by Crippen LogP contribution is 2.36. The van der Waals surface area contributed by atoms with E-state index >= 15 is 0 Å². The molecule has 0 amide bonds. The number of unbranched alkanes of at least 4 members (excludes halogenated alkanes) is 2. The van der Waals surface area contributed by atoms with Crippen molar-refractivity contribution < 1.29 is 0 Å². The highest BCUT2D eigenvalue weighted by atomic mass is 35.7. The number of halogens is 1. The van der Waals surface area contributed by atoms with Crippen LogP contribution >= 0.6 is 18.5 Å². The van der Waals surface area contributed by atoms with E-state index in [1.54, 1.807) is 0 Å². The largest absolute Gasteiger partial charge is 0.0967 e. The Hall–Kier alpha value is 0.720.